The van der Waals surface area contributed by atoms with Crippen LogP contribution in [0, 0.1) is 5.41 Å². The molecule has 4 rings (SSSR count). The molecule has 0 bridgehead atoms. The van der Waals surface area contributed by atoms with E-state index in [2.05, 4.69) is 90.8 Å². The first-order chi connectivity index (χ1) is 15.6. The monoisotopic (exact) mass is 428 g/mol. The van der Waals surface area contributed by atoms with Crippen LogP contribution in [-0.4, -0.2) is 25.7 Å². The zero-order valence-electron chi connectivity index (χ0n) is 19.5. The van der Waals surface area contributed by atoms with Gasteiger partial charge in [0.05, 0.1) is 0 Å². The highest BCUT2D eigenvalue weighted by Gasteiger charge is 2.35. The first-order valence-corrected chi connectivity index (χ1v) is 11.9. The Balaban J connectivity index is 1.24. The summed E-state index contributed by atoms with van der Waals surface area (Å²) in [6, 6.07) is 30.2. The van der Waals surface area contributed by atoms with Crippen molar-refractivity contribution in [1.29, 1.82) is 0 Å². The Bertz CT molecular complexity index is 938. The second-order valence-corrected chi connectivity index (χ2v) is 9.56. The van der Waals surface area contributed by atoms with Gasteiger partial charge >= 0.3 is 0 Å². The summed E-state index contributed by atoms with van der Waals surface area (Å²) in [6.07, 6.45) is 3.50. The summed E-state index contributed by atoms with van der Waals surface area (Å²) < 4.78 is 5.95. The summed E-state index contributed by atoms with van der Waals surface area (Å²) in [7, 11) is 0. The van der Waals surface area contributed by atoms with E-state index in [0.717, 1.165) is 31.8 Å². The minimum Gasteiger partial charge on any atom is -0.489 e. The minimum atomic E-state index is 0.230. The second kappa shape index (κ2) is 10.7. The molecule has 0 aliphatic carbocycles. The Morgan fingerprint density at radius 1 is 0.875 bits per heavy atom. The highest BCUT2D eigenvalue weighted by Crippen LogP contribution is 2.33. The molecule has 1 atom stereocenters. The third-order valence-electron chi connectivity index (χ3n) is 6.56. The molecule has 0 radical (unpaired) electrons. The van der Waals surface area contributed by atoms with Crippen molar-refractivity contribution in [3.63, 3.8) is 0 Å². The van der Waals surface area contributed by atoms with Crippen molar-refractivity contribution < 1.29 is 4.74 Å². The van der Waals surface area contributed by atoms with Crippen LogP contribution < -0.4 is 15.0 Å². The van der Waals surface area contributed by atoms with Gasteiger partial charge in [-0.05, 0) is 66.6 Å². The maximum Gasteiger partial charge on any atom is 0.119 e. The van der Waals surface area contributed by atoms with Gasteiger partial charge in [0.2, 0.25) is 0 Å². The van der Waals surface area contributed by atoms with Gasteiger partial charge in [0, 0.05) is 24.8 Å². The van der Waals surface area contributed by atoms with Crippen LogP contribution in [0.4, 0.5) is 5.69 Å². The summed E-state index contributed by atoms with van der Waals surface area (Å²) in [6.45, 7) is 8.62. The lowest BCUT2D eigenvalue weighted by Crippen LogP contribution is -2.54. The molecule has 1 aliphatic heterocycles. The molecule has 1 fully saturated rings. The van der Waals surface area contributed by atoms with Crippen LogP contribution in [0.1, 0.15) is 37.8 Å². The molecule has 3 aromatic carbocycles. The van der Waals surface area contributed by atoms with E-state index in [1.807, 2.05) is 18.2 Å². The first-order valence-electron chi connectivity index (χ1n) is 11.9. The number of piperidine rings is 1. The number of benzene rings is 3. The van der Waals surface area contributed by atoms with Gasteiger partial charge in [-0.3, -0.25) is 0 Å². The highest BCUT2D eigenvalue weighted by molar-refractivity contribution is 5.50. The molecule has 1 N–H and O–H groups in total. The molecule has 3 heteroatoms. The van der Waals surface area contributed by atoms with Gasteiger partial charge in [0.1, 0.15) is 12.4 Å². The molecule has 1 aliphatic rings. The molecule has 1 heterocycles. The van der Waals surface area contributed by atoms with Gasteiger partial charge in [-0.25, -0.2) is 0 Å². The highest BCUT2D eigenvalue weighted by atomic mass is 16.5. The molecule has 3 nitrogen and oxygen atoms in total. The largest absolute Gasteiger partial charge is 0.489 e. The van der Waals surface area contributed by atoms with E-state index in [1.54, 1.807) is 0 Å². The van der Waals surface area contributed by atoms with E-state index in [-0.39, 0.29) is 5.41 Å². The average Bonchev–Trinajstić information content (AvgIpc) is 2.82. The van der Waals surface area contributed by atoms with E-state index in [0.29, 0.717) is 12.6 Å². The smallest absolute Gasteiger partial charge is 0.119 e. The average molecular weight is 429 g/mol. The summed E-state index contributed by atoms with van der Waals surface area (Å²) in [5.74, 6) is 0.923. The van der Waals surface area contributed by atoms with Crippen molar-refractivity contribution in [1.82, 2.24) is 5.32 Å². The van der Waals surface area contributed by atoms with Gasteiger partial charge in [-0.15, -0.1) is 0 Å². The van der Waals surface area contributed by atoms with E-state index < -0.39 is 0 Å². The number of ether oxygens (including phenoxy) is 1. The standard InChI is InChI=1S/C29H36N2O/c1-29(2)23-31(21-19-28(29)30-20-9-14-24-10-5-3-6-11-24)26-15-17-27(18-16-26)32-22-25-12-7-4-8-13-25/h3-8,10-13,15-18,28,30H,9,14,19-23H2,1-2H3/t28-/m1/s1. The number of nitrogens with zero attached hydrogens (tertiary/aromatic N) is 1. The molecule has 0 aromatic heterocycles. The molecule has 168 valence electrons. The summed E-state index contributed by atoms with van der Waals surface area (Å²) in [5.41, 5.74) is 4.14. The summed E-state index contributed by atoms with van der Waals surface area (Å²) >= 11 is 0. The van der Waals surface area contributed by atoms with Gasteiger partial charge < -0.3 is 15.0 Å². The Labute approximate surface area is 193 Å². The van der Waals surface area contributed by atoms with Crippen molar-refractivity contribution in [3.05, 3.63) is 96.1 Å². The Morgan fingerprint density at radius 2 is 1.53 bits per heavy atom. The van der Waals surface area contributed by atoms with Crippen molar-refractivity contribution in [2.45, 2.75) is 45.8 Å². The van der Waals surface area contributed by atoms with Crippen molar-refractivity contribution in [2.75, 3.05) is 24.5 Å². The topological polar surface area (TPSA) is 24.5 Å². The van der Waals surface area contributed by atoms with Crippen molar-refractivity contribution >= 4 is 5.69 Å². The van der Waals surface area contributed by atoms with E-state index in [4.69, 9.17) is 4.74 Å². The molecule has 3 aromatic rings. The zero-order valence-corrected chi connectivity index (χ0v) is 19.5. The van der Waals surface area contributed by atoms with Gasteiger partial charge in [0.15, 0.2) is 0 Å². The number of hydrogen-bond donors (Lipinski definition) is 1. The molecule has 32 heavy (non-hydrogen) atoms. The van der Waals surface area contributed by atoms with Gasteiger partial charge in [0.25, 0.3) is 0 Å². The van der Waals surface area contributed by atoms with Crippen LogP contribution in [0.2, 0.25) is 0 Å². The summed E-state index contributed by atoms with van der Waals surface area (Å²) in [4.78, 5) is 2.52. The second-order valence-electron chi connectivity index (χ2n) is 9.56. The Morgan fingerprint density at radius 3 is 2.19 bits per heavy atom. The normalized spacial score (nSPS) is 17.8. The van der Waals surface area contributed by atoms with Crippen LogP contribution in [-0.2, 0) is 13.0 Å². The molecule has 0 unspecified atom stereocenters. The van der Waals surface area contributed by atoms with E-state index in [1.165, 1.54) is 29.7 Å². The zero-order chi connectivity index (χ0) is 22.2. The van der Waals surface area contributed by atoms with Crippen molar-refractivity contribution in [3.8, 4) is 5.75 Å². The number of rotatable bonds is 9. The lowest BCUT2D eigenvalue weighted by molar-refractivity contribution is 0.205. The maximum atomic E-state index is 5.95. The van der Waals surface area contributed by atoms with Crippen LogP contribution in [0.3, 0.4) is 0 Å². The molecule has 0 saturated carbocycles. The SMILES string of the molecule is CC1(C)CN(c2ccc(OCc3ccccc3)cc2)CC[C@H]1NCCCc1ccccc1. The van der Waals surface area contributed by atoms with Crippen LogP contribution >= 0.6 is 0 Å². The van der Waals surface area contributed by atoms with Crippen molar-refractivity contribution in [2.24, 2.45) is 5.41 Å². The minimum absolute atomic E-state index is 0.230. The fourth-order valence-corrected chi connectivity index (χ4v) is 4.66. The quantitative estimate of drug-likeness (QED) is 0.417. The van der Waals surface area contributed by atoms with Gasteiger partial charge in [-0.1, -0.05) is 74.5 Å². The molecular formula is C29H36N2O. The molecule has 1 saturated heterocycles. The lowest BCUT2D eigenvalue weighted by atomic mass is 9.79. The predicted octanol–water partition coefficient (Wildman–Crippen LogP) is 6.09. The predicted molar refractivity (Wildman–Crippen MR) is 134 cm³/mol. The Kier molecular flexibility index (Phi) is 7.49. The van der Waals surface area contributed by atoms with E-state index in [9.17, 15) is 0 Å². The van der Waals surface area contributed by atoms with E-state index >= 15 is 0 Å². The Hall–Kier alpha value is -2.78. The number of anilines is 1. The van der Waals surface area contributed by atoms with Crippen LogP contribution in [0.15, 0.2) is 84.9 Å². The molecular weight excluding hydrogens is 392 g/mol. The number of nitrogens with one attached hydrogen (secondary N) is 1. The van der Waals surface area contributed by atoms with Crippen LogP contribution in [0.5, 0.6) is 5.75 Å². The van der Waals surface area contributed by atoms with Crippen LogP contribution in [0.25, 0.3) is 0 Å². The van der Waals surface area contributed by atoms with Gasteiger partial charge in [-0.2, -0.15) is 0 Å². The fraction of sp³-hybridized carbons (Fsp3) is 0.379. The third kappa shape index (κ3) is 6.14. The maximum absolute atomic E-state index is 5.95. The molecule has 0 amide bonds. The molecule has 0 spiro atoms. The summed E-state index contributed by atoms with van der Waals surface area (Å²) in [5, 5.41) is 3.85. The number of aryl methyl sites for hydroxylation is 1. The first kappa shape index (κ1) is 22.4. The number of hydrogen-bond acceptors (Lipinski definition) is 3. The fourth-order valence-electron chi connectivity index (χ4n) is 4.66. The lowest BCUT2D eigenvalue weighted by Gasteiger charge is -2.45. The third-order valence-corrected chi connectivity index (χ3v) is 6.56.